The lowest BCUT2D eigenvalue weighted by Gasteiger charge is -2.14. The highest BCUT2D eigenvalue weighted by Crippen LogP contribution is 2.27. The van der Waals surface area contributed by atoms with Crippen LogP contribution in [0, 0.1) is 0 Å². The van der Waals surface area contributed by atoms with E-state index in [1.165, 1.54) is 18.6 Å². The smallest absolute Gasteiger partial charge is 0.330 e. The van der Waals surface area contributed by atoms with Gasteiger partial charge in [0.1, 0.15) is 12.3 Å². The van der Waals surface area contributed by atoms with Crippen LogP contribution in [0.1, 0.15) is 37.8 Å². The second-order valence-electron chi connectivity index (χ2n) is 7.09. The number of H-pyrrole nitrogens is 2. The third-order valence-corrected chi connectivity index (χ3v) is 4.76. The first-order valence-corrected chi connectivity index (χ1v) is 10.9. The van der Waals surface area contributed by atoms with Gasteiger partial charge < -0.3 is 30.6 Å². The number of rotatable bonds is 9. The Morgan fingerprint density at radius 2 is 2.03 bits per heavy atom. The zero-order valence-electron chi connectivity index (χ0n) is 19.0. The number of hydrogen-bond acceptors (Lipinski definition) is 8. The summed E-state index contributed by atoms with van der Waals surface area (Å²) in [5.74, 6) is -0.728. The molecule has 6 N–H and O–H groups in total. The van der Waals surface area contributed by atoms with Crippen LogP contribution in [0.2, 0.25) is 0 Å². The minimum absolute atomic E-state index is 0.0261. The van der Waals surface area contributed by atoms with Crippen LogP contribution in [0.5, 0.6) is 0 Å². The predicted octanol–water partition coefficient (Wildman–Crippen LogP) is -1.59. The lowest BCUT2D eigenvalue weighted by Crippen LogP contribution is -2.35. The van der Waals surface area contributed by atoms with Crippen molar-refractivity contribution in [2.75, 3.05) is 19.7 Å². The van der Waals surface area contributed by atoms with E-state index in [9.17, 15) is 29.4 Å². The Bertz CT molecular complexity index is 1080. The Hall–Kier alpha value is -3.55. The number of amides is 2. The third-order valence-electron chi connectivity index (χ3n) is 4.76. The minimum Gasteiger partial charge on any atom is -0.394 e. The fourth-order valence-electron chi connectivity index (χ4n) is 3.11. The van der Waals surface area contributed by atoms with Crippen molar-refractivity contribution in [1.29, 1.82) is 0 Å². The second-order valence-corrected chi connectivity index (χ2v) is 7.09. The fraction of sp³-hybridized carbons (Fsp3) is 0.476. The summed E-state index contributed by atoms with van der Waals surface area (Å²) < 4.78 is 6.52. The normalized spacial score (nSPS) is 19.5. The molecule has 186 valence electrons. The van der Waals surface area contributed by atoms with E-state index in [1.54, 1.807) is 6.20 Å². The number of hydrogen-bond donors (Lipinski definition) is 6. The van der Waals surface area contributed by atoms with E-state index in [1.807, 2.05) is 13.8 Å². The number of nitrogens with zero attached hydrogens (tertiary/aromatic N) is 2. The lowest BCUT2D eigenvalue weighted by molar-refractivity contribution is -0.121. The molecular weight excluding hydrogens is 448 g/mol. The monoisotopic (exact) mass is 478 g/mol. The Morgan fingerprint density at radius 1 is 1.29 bits per heavy atom. The van der Waals surface area contributed by atoms with Gasteiger partial charge in [-0.3, -0.25) is 23.9 Å². The zero-order chi connectivity index (χ0) is 25.1. The summed E-state index contributed by atoms with van der Waals surface area (Å²) in [5.41, 5.74) is -0.736. The summed E-state index contributed by atoms with van der Waals surface area (Å²) in [7, 11) is 0. The number of aromatic amines is 2. The number of nitrogens with one attached hydrogen (secondary N) is 4. The maximum absolute atomic E-state index is 12.1. The van der Waals surface area contributed by atoms with Crippen LogP contribution < -0.4 is 21.9 Å². The summed E-state index contributed by atoms with van der Waals surface area (Å²) in [4.78, 5) is 56.6. The predicted molar refractivity (Wildman–Crippen MR) is 122 cm³/mol. The summed E-state index contributed by atoms with van der Waals surface area (Å²) in [6.45, 7) is 3.97. The van der Waals surface area contributed by atoms with E-state index in [4.69, 9.17) is 4.74 Å². The van der Waals surface area contributed by atoms with Crippen LogP contribution in [0.4, 0.5) is 0 Å². The molecular formula is C21H30N6O7. The van der Waals surface area contributed by atoms with Gasteiger partial charge in [-0.1, -0.05) is 13.8 Å². The van der Waals surface area contributed by atoms with Crippen molar-refractivity contribution in [3.05, 3.63) is 56.9 Å². The topological polar surface area (TPSA) is 191 Å². The van der Waals surface area contributed by atoms with Crippen molar-refractivity contribution in [2.45, 2.75) is 45.1 Å². The van der Waals surface area contributed by atoms with Crippen molar-refractivity contribution in [2.24, 2.45) is 0 Å². The largest absolute Gasteiger partial charge is 0.394 e. The molecule has 2 aromatic rings. The molecule has 34 heavy (non-hydrogen) atoms. The van der Waals surface area contributed by atoms with Gasteiger partial charge in [0, 0.05) is 43.7 Å². The van der Waals surface area contributed by atoms with Crippen LogP contribution in [-0.4, -0.2) is 73.5 Å². The van der Waals surface area contributed by atoms with Gasteiger partial charge in [-0.05, 0) is 6.08 Å². The summed E-state index contributed by atoms with van der Waals surface area (Å²) >= 11 is 0. The van der Waals surface area contributed by atoms with Crippen molar-refractivity contribution in [3.8, 4) is 0 Å². The number of aliphatic hydroxyl groups is 2. The molecule has 0 aromatic carbocycles. The molecule has 1 aliphatic rings. The second kappa shape index (κ2) is 13.2. The van der Waals surface area contributed by atoms with E-state index in [0.29, 0.717) is 5.69 Å². The van der Waals surface area contributed by atoms with Crippen molar-refractivity contribution in [1.82, 2.24) is 30.2 Å². The number of imidazole rings is 1. The highest BCUT2D eigenvalue weighted by molar-refractivity contribution is 5.91. The number of carbonyl (C=O) groups is 2. The Morgan fingerprint density at radius 3 is 2.68 bits per heavy atom. The summed E-state index contributed by atoms with van der Waals surface area (Å²) in [6, 6.07) is 0. The van der Waals surface area contributed by atoms with Crippen LogP contribution in [0.25, 0.3) is 6.08 Å². The molecule has 0 radical (unpaired) electrons. The first kappa shape index (κ1) is 26.7. The molecule has 0 aliphatic carbocycles. The van der Waals surface area contributed by atoms with Crippen LogP contribution >= 0.6 is 0 Å². The number of aromatic nitrogens is 4. The van der Waals surface area contributed by atoms with Crippen LogP contribution in [-0.2, 0) is 20.7 Å². The maximum Gasteiger partial charge on any atom is 0.330 e. The molecule has 3 rings (SSSR count). The zero-order valence-corrected chi connectivity index (χ0v) is 19.0. The Kier molecular flexibility index (Phi) is 10.4. The Balaban J connectivity index is 0.00000199. The molecule has 13 nitrogen and oxygen atoms in total. The quantitative estimate of drug-likeness (QED) is 0.184. The van der Waals surface area contributed by atoms with Gasteiger partial charge >= 0.3 is 5.69 Å². The molecule has 0 spiro atoms. The van der Waals surface area contributed by atoms with Gasteiger partial charge in [-0.25, -0.2) is 9.78 Å². The fourth-order valence-corrected chi connectivity index (χ4v) is 3.11. The molecule has 3 atom stereocenters. The van der Waals surface area contributed by atoms with Gasteiger partial charge in [0.15, 0.2) is 0 Å². The maximum atomic E-state index is 12.1. The highest BCUT2D eigenvalue weighted by Gasteiger charge is 2.35. The number of ether oxygens (including phenoxy) is 1. The van der Waals surface area contributed by atoms with E-state index in [-0.39, 0.29) is 37.4 Å². The third kappa shape index (κ3) is 7.50. The molecule has 2 aromatic heterocycles. The molecule has 1 fully saturated rings. The van der Waals surface area contributed by atoms with Gasteiger partial charge in [0.2, 0.25) is 11.8 Å². The molecule has 2 amide bonds. The van der Waals surface area contributed by atoms with E-state index in [0.717, 1.165) is 10.6 Å². The molecule has 0 saturated carbocycles. The average Bonchev–Trinajstić information content (AvgIpc) is 3.46. The van der Waals surface area contributed by atoms with E-state index >= 15 is 0 Å². The van der Waals surface area contributed by atoms with Gasteiger partial charge in [0.05, 0.1) is 31.0 Å². The van der Waals surface area contributed by atoms with Crippen molar-refractivity contribution < 1.29 is 24.5 Å². The van der Waals surface area contributed by atoms with Crippen LogP contribution in [0.15, 0.2) is 34.4 Å². The van der Waals surface area contributed by atoms with Crippen molar-refractivity contribution >= 4 is 17.9 Å². The average molecular weight is 479 g/mol. The van der Waals surface area contributed by atoms with E-state index < -0.39 is 42.2 Å². The molecule has 13 heteroatoms. The molecule has 0 bridgehead atoms. The minimum atomic E-state index is -0.950. The molecule has 1 saturated heterocycles. The standard InChI is InChI=1S/C19H24N6O7.C2H6/c26-9-14-13(27)6-17(32-14)25-8-11(18(30)24-19(25)31)1-2-15(28)21-3-4-22-16(29)5-12-7-20-10-23-12;1-2/h1-2,7-8,10,13-14,17,26-27H,3-6,9H2,(H,20,23)(H,21,28)(H,22,29)(H,24,30,31);1-2H3/b2-1+;. The lowest BCUT2D eigenvalue weighted by atomic mass is 10.2. The Labute approximate surface area is 194 Å². The summed E-state index contributed by atoms with van der Waals surface area (Å²) in [5, 5.41) is 24.2. The van der Waals surface area contributed by atoms with Crippen LogP contribution in [0.3, 0.4) is 0 Å². The van der Waals surface area contributed by atoms with E-state index in [2.05, 4.69) is 25.6 Å². The molecule has 3 unspecified atom stereocenters. The van der Waals surface area contributed by atoms with Gasteiger partial charge in [-0.2, -0.15) is 0 Å². The molecule has 3 heterocycles. The number of carbonyl (C=O) groups excluding carboxylic acids is 2. The van der Waals surface area contributed by atoms with Gasteiger partial charge in [-0.15, -0.1) is 0 Å². The first-order chi connectivity index (χ1) is 16.4. The van der Waals surface area contributed by atoms with Crippen molar-refractivity contribution in [3.63, 3.8) is 0 Å². The first-order valence-electron chi connectivity index (χ1n) is 10.9. The number of aliphatic hydroxyl groups excluding tert-OH is 2. The molecule has 1 aliphatic heterocycles. The SMILES string of the molecule is CC.O=C(/C=C/c1cn(C2CC(O)C(CO)O2)c(=O)[nH]c1=O)NCCNC(=O)Cc1cnc[nH]1. The highest BCUT2D eigenvalue weighted by atomic mass is 16.5. The van der Waals surface area contributed by atoms with Gasteiger partial charge in [0.25, 0.3) is 5.56 Å². The summed E-state index contributed by atoms with van der Waals surface area (Å²) in [6.07, 6.45) is 4.15.